The van der Waals surface area contributed by atoms with Crippen LogP contribution in [0.2, 0.25) is 0 Å². The molecule has 146 valence electrons. The topological polar surface area (TPSA) is 74.4 Å². The minimum absolute atomic E-state index is 0.125. The lowest BCUT2D eigenvalue weighted by Gasteiger charge is -2.30. The third-order valence-corrected chi connectivity index (χ3v) is 6.10. The summed E-state index contributed by atoms with van der Waals surface area (Å²) in [6.45, 7) is 9.59. The van der Waals surface area contributed by atoms with Gasteiger partial charge in [0.2, 0.25) is 0 Å². The molecule has 0 aromatic carbocycles. The Labute approximate surface area is 160 Å². The van der Waals surface area contributed by atoms with Gasteiger partial charge in [0.05, 0.1) is 5.39 Å². The number of fused-ring (bicyclic) bond motifs is 2. The van der Waals surface area contributed by atoms with Crippen molar-refractivity contribution in [2.75, 3.05) is 25.0 Å². The van der Waals surface area contributed by atoms with Crippen molar-refractivity contribution in [3.63, 3.8) is 0 Å². The van der Waals surface area contributed by atoms with E-state index in [1.165, 1.54) is 0 Å². The van der Waals surface area contributed by atoms with Gasteiger partial charge in [-0.15, -0.1) is 0 Å². The van der Waals surface area contributed by atoms with Crippen LogP contribution in [0, 0.1) is 11.3 Å². The standard InChI is InChI=1S/C20H29N5O2/c1-19(2,3)27-18(26)25-10-13-8-14(9-20(13,4)11-25)24(5)17-15-6-7-21-16(15)22-12-23-17/h6-7,12-14H,8-11H2,1-5H3,(H,21,22,23)/t13-,14-,20+/m0/s1. The molecular weight excluding hydrogens is 342 g/mol. The Balaban J connectivity index is 1.47. The minimum Gasteiger partial charge on any atom is -0.444 e. The Kier molecular flexibility index (Phi) is 4.09. The zero-order valence-electron chi connectivity index (χ0n) is 16.8. The van der Waals surface area contributed by atoms with Gasteiger partial charge >= 0.3 is 6.09 Å². The predicted octanol–water partition coefficient (Wildman–Crippen LogP) is 3.43. The average molecular weight is 371 g/mol. The van der Waals surface area contributed by atoms with Crippen molar-refractivity contribution in [3.05, 3.63) is 18.6 Å². The van der Waals surface area contributed by atoms with E-state index >= 15 is 0 Å². The van der Waals surface area contributed by atoms with Crippen LogP contribution in [0.4, 0.5) is 10.6 Å². The van der Waals surface area contributed by atoms with Gasteiger partial charge in [0.15, 0.2) is 0 Å². The van der Waals surface area contributed by atoms with Crippen molar-refractivity contribution in [2.45, 2.75) is 52.2 Å². The highest BCUT2D eigenvalue weighted by molar-refractivity contribution is 5.87. The number of aromatic amines is 1. The maximum atomic E-state index is 12.5. The molecule has 2 aliphatic rings. The lowest BCUT2D eigenvalue weighted by molar-refractivity contribution is 0.0269. The number of H-pyrrole nitrogens is 1. The van der Waals surface area contributed by atoms with Crippen molar-refractivity contribution in [3.8, 4) is 0 Å². The molecule has 1 amide bonds. The van der Waals surface area contributed by atoms with Gasteiger partial charge in [0, 0.05) is 32.4 Å². The van der Waals surface area contributed by atoms with Crippen molar-refractivity contribution in [1.29, 1.82) is 0 Å². The fraction of sp³-hybridized carbons (Fsp3) is 0.650. The molecule has 0 radical (unpaired) electrons. The largest absolute Gasteiger partial charge is 0.444 e. The second-order valence-corrected chi connectivity index (χ2v) is 9.35. The van der Waals surface area contributed by atoms with E-state index < -0.39 is 5.60 Å². The summed E-state index contributed by atoms with van der Waals surface area (Å²) in [5.41, 5.74) is 0.542. The van der Waals surface area contributed by atoms with Crippen LogP contribution in [-0.2, 0) is 4.74 Å². The summed E-state index contributed by atoms with van der Waals surface area (Å²) >= 11 is 0. The van der Waals surface area contributed by atoms with Gasteiger partial charge in [-0.25, -0.2) is 14.8 Å². The van der Waals surface area contributed by atoms with Gasteiger partial charge < -0.3 is 19.5 Å². The monoisotopic (exact) mass is 371 g/mol. The molecule has 1 saturated carbocycles. The number of amides is 1. The fourth-order valence-electron chi connectivity index (χ4n) is 4.73. The Hall–Kier alpha value is -2.31. The van der Waals surface area contributed by atoms with E-state index in [1.54, 1.807) is 6.33 Å². The van der Waals surface area contributed by atoms with E-state index in [4.69, 9.17) is 4.74 Å². The third kappa shape index (κ3) is 3.24. The van der Waals surface area contributed by atoms with Crippen LogP contribution < -0.4 is 4.90 Å². The first kappa shape index (κ1) is 18.1. The first-order chi connectivity index (χ1) is 12.7. The highest BCUT2D eigenvalue weighted by Crippen LogP contribution is 2.50. The fourth-order valence-corrected chi connectivity index (χ4v) is 4.73. The van der Waals surface area contributed by atoms with Crippen LogP contribution in [-0.4, -0.2) is 57.7 Å². The lowest BCUT2D eigenvalue weighted by atomic mass is 9.83. The molecule has 1 aliphatic heterocycles. The molecule has 4 rings (SSSR count). The van der Waals surface area contributed by atoms with Crippen LogP contribution in [0.5, 0.6) is 0 Å². The van der Waals surface area contributed by atoms with Crippen LogP contribution in [0.25, 0.3) is 11.0 Å². The molecule has 3 atom stereocenters. The lowest BCUT2D eigenvalue weighted by Crippen LogP contribution is -2.38. The highest BCUT2D eigenvalue weighted by atomic mass is 16.6. The molecule has 1 N–H and O–H groups in total. The predicted molar refractivity (Wildman–Crippen MR) is 105 cm³/mol. The van der Waals surface area contributed by atoms with Crippen LogP contribution in [0.1, 0.15) is 40.5 Å². The summed E-state index contributed by atoms with van der Waals surface area (Å²) < 4.78 is 5.57. The maximum Gasteiger partial charge on any atom is 0.410 e. The molecule has 3 heterocycles. The number of carbonyl (C=O) groups is 1. The van der Waals surface area contributed by atoms with Crippen LogP contribution in [0.15, 0.2) is 18.6 Å². The molecule has 1 saturated heterocycles. The van der Waals surface area contributed by atoms with Gasteiger partial charge in [0.25, 0.3) is 0 Å². The number of hydrogen-bond donors (Lipinski definition) is 1. The van der Waals surface area contributed by atoms with E-state index in [9.17, 15) is 4.79 Å². The van der Waals surface area contributed by atoms with E-state index in [0.29, 0.717) is 12.0 Å². The number of likely N-dealkylation sites (tertiary alicyclic amines) is 1. The Bertz CT molecular complexity index is 857. The molecule has 2 aromatic heterocycles. The van der Waals surface area contributed by atoms with Gasteiger partial charge in [0.1, 0.15) is 23.4 Å². The Morgan fingerprint density at radius 1 is 1.41 bits per heavy atom. The molecule has 0 bridgehead atoms. The number of nitrogens with one attached hydrogen (secondary N) is 1. The Morgan fingerprint density at radius 2 is 2.19 bits per heavy atom. The maximum absolute atomic E-state index is 12.5. The van der Waals surface area contributed by atoms with Gasteiger partial charge in [-0.2, -0.15) is 0 Å². The SMILES string of the molecule is CN(c1ncnc2[nH]ccc12)[C@H]1C[C@H]2CN(C(=O)OC(C)(C)C)C[C@@]2(C)C1. The minimum atomic E-state index is -0.451. The molecule has 27 heavy (non-hydrogen) atoms. The second kappa shape index (κ2) is 6.11. The zero-order chi connectivity index (χ0) is 19.4. The van der Waals surface area contributed by atoms with Gasteiger partial charge in [-0.3, -0.25) is 0 Å². The third-order valence-electron chi connectivity index (χ3n) is 6.10. The number of aromatic nitrogens is 3. The molecule has 2 aromatic rings. The number of carbonyl (C=O) groups excluding carboxylic acids is 1. The second-order valence-electron chi connectivity index (χ2n) is 9.35. The summed E-state index contributed by atoms with van der Waals surface area (Å²) in [5, 5.41) is 1.05. The molecule has 7 heteroatoms. The first-order valence-electron chi connectivity index (χ1n) is 9.65. The first-order valence-corrected chi connectivity index (χ1v) is 9.65. The molecule has 2 fully saturated rings. The number of hydrogen-bond acceptors (Lipinski definition) is 5. The van der Waals surface area contributed by atoms with Crippen molar-refractivity contribution in [1.82, 2.24) is 19.9 Å². The van der Waals surface area contributed by atoms with Gasteiger partial charge in [-0.1, -0.05) is 6.92 Å². The average Bonchev–Trinajstić information content (AvgIpc) is 3.23. The number of anilines is 1. The van der Waals surface area contributed by atoms with Crippen LogP contribution >= 0.6 is 0 Å². The highest BCUT2D eigenvalue weighted by Gasteiger charge is 2.52. The van der Waals surface area contributed by atoms with E-state index in [-0.39, 0.29) is 11.5 Å². The summed E-state index contributed by atoms with van der Waals surface area (Å²) in [7, 11) is 2.12. The van der Waals surface area contributed by atoms with Crippen molar-refractivity contribution < 1.29 is 9.53 Å². The summed E-state index contributed by atoms with van der Waals surface area (Å²) in [6.07, 6.45) is 5.44. The summed E-state index contributed by atoms with van der Waals surface area (Å²) in [5.74, 6) is 1.46. The summed E-state index contributed by atoms with van der Waals surface area (Å²) in [6, 6.07) is 2.44. The molecule has 0 unspecified atom stereocenters. The molecule has 1 aliphatic carbocycles. The van der Waals surface area contributed by atoms with Crippen LogP contribution in [0.3, 0.4) is 0 Å². The van der Waals surface area contributed by atoms with E-state index in [1.807, 2.05) is 37.9 Å². The van der Waals surface area contributed by atoms with Gasteiger partial charge in [-0.05, 0) is 51.0 Å². The normalized spacial score (nSPS) is 27.8. The van der Waals surface area contributed by atoms with Crippen molar-refractivity contribution >= 4 is 22.9 Å². The quantitative estimate of drug-likeness (QED) is 0.875. The number of nitrogens with zero attached hydrogens (tertiary/aromatic N) is 4. The van der Waals surface area contributed by atoms with E-state index in [2.05, 4.69) is 33.8 Å². The number of rotatable bonds is 2. The molecular formula is C20H29N5O2. The molecule has 0 spiro atoms. The Morgan fingerprint density at radius 3 is 2.89 bits per heavy atom. The zero-order valence-corrected chi connectivity index (χ0v) is 16.8. The van der Waals surface area contributed by atoms with Crippen molar-refractivity contribution in [2.24, 2.45) is 11.3 Å². The summed E-state index contributed by atoms with van der Waals surface area (Å²) in [4.78, 5) is 28.6. The smallest absolute Gasteiger partial charge is 0.410 e. The van der Waals surface area contributed by atoms with E-state index in [0.717, 1.165) is 42.8 Å². The molecule has 7 nitrogen and oxygen atoms in total. The number of ether oxygens (including phenoxy) is 1.